The number of ether oxygens (including phenoxy) is 1. The van der Waals surface area contributed by atoms with Gasteiger partial charge in [-0.15, -0.1) is 0 Å². The number of hydrogen-bond acceptors (Lipinski definition) is 4. The van der Waals surface area contributed by atoms with E-state index in [1.807, 2.05) is 19.2 Å². The molecule has 0 bridgehead atoms. The van der Waals surface area contributed by atoms with Gasteiger partial charge in [-0.1, -0.05) is 6.07 Å². The zero-order valence-corrected chi connectivity index (χ0v) is 9.31. The Morgan fingerprint density at radius 2 is 2.40 bits per heavy atom. The molecule has 0 saturated heterocycles. The van der Waals surface area contributed by atoms with E-state index >= 15 is 0 Å². The first-order valence-electron chi connectivity index (χ1n) is 5.14. The highest BCUT2D eigenvalue weighted by Gasteiger charge is 2.11. The number of methoxy groups -OCH3 is 1. The van der Waals surface area contributed by atoms with Crippen LogP contribution in [0.2, 0.25) is 0 Å². The third-order valence-electron chi connectivity index (χ3n) is 2.46. The van der Waals surface area contributed by atoms with Crippen LogP contribution in [0.5, 0.6) is 0 Å². The van der Waals surface area contributed by atoms with Crippen LogP contribution >= 0.6 is 0 Å². The molecule has 0 fully saturated rings. The Balaban J connectivity index is 2.47. The fourth-order valence-electron chi connectivity index (χ4n) is 1.51. The van der Waals surface area contributed by atoms with Gasteiger partial charge in [-0.2, -0.15) is 0 Å². The largest absolute Gasteiger partial charge is 0.382 e. The fourth-order valence-corrected chi connectivity index (χ4v) is 1.51. The van der Waals surface area contributed by atoms with Crippen molar-refractivity contribution in [1.29, 1.82) is 0 Å². The van der Waals surface area contributed by atoms with Crippen molar-refractivity contribution >= 4 is 0 Å². The standard InChI is InChI=1S/C11H19N3O/c1-9(15-2)6-11(14-12)7-10-4-3-5-13-8-10/h3-5,8-9,11,14H,6-7,12H2,1-2H3. The van der Waals surface area contributed by atoms with Crippen molar-refractivity contribution in [2.24, 2.45) is 5.84 Å². The Morgan fingerprint density at radius 3 is 2.93 bits per heavy atom. The van der Waals surface area contributed by atoms with Gasteiger partial charge >= 0.3 is 0 Å². The third-order valence-corrected chi connectivity index (χ3v) is 2.46. The number of rotatable bonds is 6. The summed E-state index contributed by atoms with van der Waals surface area (Å²) in [5.74, 6) is 5.50. The van der Waals surface area contributed by atoms with Crippen LogP contribution in [-0.2, 0) is 11.2 Å². The molecular weight excluding hydrogens is 190 g/mol. The Labute approximate surface area is 90.8 Å². The van der Waals surface area contributed by atoms with Crippen molar-refractivity contribution in [3.8, 4) is 0 Å². The molecule has 0 amide bonds. The predicted octanol–water partition coefficient (Wildman–Crippen LogP) is 0.881. The number of nitrogens with one attached hydrogen (secondary N) is 1. The molecule has 0 aliphatic heterocycles. The van der Waals surface area contributed by atoms with Crippen molar-refractivity contribution in [2.75, 3.05) is 7.11 Å². The van der Waals surface area contributed by atoms with Crippen LogP contribution < -0.4 is 11.3 Å². The summed E-state index contributed by atoms with van der Waals surface area (Å²) >= 11 is 0. The normalized spacial score (nSPS) is 14.9. The van der Waals surface area contributed by atoms with E-state index in [0.29, 0.717) is 0 Å². The zero-order valence-electron chi connectivity index (χ0n) is 9.31. The molecule has 15 heavy (non-hydrogen) atoms. The minimum atomic E-state index is 0.211. The molecule has 0 aromatic carbocycles. The van der Waals surface area contributed by atoms with Crippen LogP contribution in [0, 0.1) is 0 Å². The summed E-state index contributed by atoms with van der Waals surface area (Å²) in [6, 6.07) is 4.21. The Hall–Kier alpha value is -0.970. The summed E-state index contributed by atoms with van der Waals surface area (Å²) < 4.78 is 5.21. The van der Waals surface area contributed by atoms with Gasteiger partial charge in [-0.3, -0.25) is 16.3 Å². The van der Waals surface area contributed by atoms with Crippen LogP contribution in [0.4, 0.5) is 0 Å². The molecule has 0 spiro atoms. The predicted molar refractivity (Wildman–Crippen MR) is 60.1 cm³/mol. The topological polar surface area (TPSA) is 60.2 Å². The molecule has 3 N–H and O–H groups in total. The molecule has 0 aliphatic rings. The highest BCUT2D eigenvalue weighted by molar-refractivity contribution is 5.10. The van der Waals surface area contributed by atoms with E-state index in [0.717, 1.165) is 12.8 Å². The number of hydrogen-bond donors (Lipinski definition) is 2. The fraction of sp³-hybridized carbons (Fsp3) is 0.545. The molecule has 0 radical (unpaired) electrons. The minimum absolute atomic E-state index is 0.211. The molecule has 84 valence electrons. The van der Waals surface area contributed by atoms with Gasteiger partial charge in [0.05, 0.1) is 6.10 Å². The van der Waals surface area contributed by atoms with E-state index in [2.05, 4.69) is 16.5 Å². The van der Waals surface area contributed by atoms with Crippen LogP contribution in [0.15, 0.2) is 24.5 Å². The quantitative estimate of drug-likeness (QED) is 0.539. The molecule has 1 heterocycles. The van der Waals surface area contributed by atoms with Crippen LogP contribution in [-0.4, -0.2) is 24.2 Å². The highest BCUT2D eigenvalue weighted by Crippen LogP contribution is 2.07. The van der Waals surface area contributed by atoms with E-state index in [1.165, 1.54) is 5.56 Å². The Bertz CT molecular complexity index is 266. The average Bonchev–Trinajstić information content (AvgIpc) is 2.29. The van der Waals surface area contributed by atoms with E-state index in [-0.39, 0.29) is 12.1 Å². The second kappa shape index (κ2) is 6.50. The number of nitrogens with zero attached hydrogens (tertiary/aromatic N) is 1. The molecular formula is C11H19N3O. The first-order valence-corrected chi connectivity index (χ1v) is 5.14. The number of aromatic nitrogens is 1. The lowest BCUT2D eigenvalue weighted by molar-refractivity contribution is 0.100. The molecule has 0 saturated carbocycles. The maximum Gasteiger partial charge on any atom is 0.0558 e. The molecule has 1 rings (SSSR count). The van der Waals surface area contributed by atoms with Crippen LogP contribution in [0.25, 0.3) is 0 Å². The molecule has 2 atom stereocenters. The molecule has 0 aliphatic carbocycles. The monoisotopic (exact) mass is 209 g/mol. The van der Waals surface area contributed by atoms with Gasteiger partial charge < -0.3 is 4.74 Å². The first-order chi connectivity index (χ1) is 7.26. The van der Waals surface area contributed by atoms with Gasteiger partial charge in [0, 0.05) is 25.5 Å². The van der Waals surface area contributed by atoms with Crippen molar-refractivity contribution in [3.63, 3.8) is 0 Å². The molecule has 4 heteroatoms. The Kier molecular flexibility index (Phi) is 5.25. The van der Waals surface area contributed by atoms with Gasteiger partial charge in [0.15, 0.2) is 0 Å². The van der Waals surface area contributed by atoms with Crippen molar-refractivity contribution in [2.45, 2.75) is 31.9 Å². The number of nitrogens with two attached hydrogens (primary N) is 1. The van der Waals surface area contributed by atoms with Gasteiger partial charge in [-0.25, -0.2) is 0 Å². The van der Waals surface area contributed by atoms with E-state index < -0.39 is 0 Å². The summed E-state index contributed by atoms with van der Waals surface area (Å²) in [6.07, 6.45) is 5.61. The second-order valence-corrected chi connectivity index (χ2v) is 3.71. The maximum atomic E-state index is 5.50. The summed E-state index contributed by atoms with van der Waals surface area (Å²) in [5.41, 5.74) is 3.99. The second-order valence-electron chi connectivity index (χ2n) is 3.71. The van der Waals surface area contributed by atoms with Crippen molar-refractivity contribution < 1.29 is 4.74 Å². The van der Waals surface area contributed by atoms with Crippen molar-refractivity contribution in [3.05, 3.63) is 30.1 Å². The van der Waals surface area contributed by atoms with Crippen LogP contribution in [0.1, 0.15) is 18.9 Å². The van der Waals surface area contributed by atoms with E-state index in [4.69, 9.17) is 10.6 Å². The van der Waals surface area contributed by atoms with Gasteiger partial charge in [0.25, 0.3) is 0 Å². The zero-order chi connectivity index (χ0) is 11.1. The van der Waals surface area contributed by atoms with Crippen LogP contribution in [0.3, 0.4) is 0 Å². The molecule has 1 aromatic heterocycles. The number of pyridine rings is 1. The average molecular weight is 209 g/mol. The first kappa shape index (κ1) is 12.1. The molecule has 1 aromatic rings. The smallest absolute Gasteiger partial charge is 0.0558 e. The highest BCUT2D eigenvalue weighted by atomic mass is 16.5. The molecule has 4 nitrogen and oxygen atoms in total. The Morgan fingerprint density at radius 1 is 1.60 bits per heavy atom. The van der Waals surface area contributed by atoms with E-state index in [9.17, 15) is 0 Å². The number of hydrazine groups is 1. The maximum absolute atomic E-state index is 5.50. The lowest BCUT2D eigenvalue weighted by Crippen LogP contribution is -2.39. The molecule has 2 unspecified atom stereocenters. The summed E-state index contributed by atoms with van der Waals surface area (Å²) in [6.45, 7) is 2.04. The lowest BCUT2D eigenvalue weighted by atomic mass is 10.0. The van der Waals surface area contributed by atoms with Gasteiger partial charge in [0.1, 0.15) is 0 Å². The minimum Gasteiger partial charge on any atom is -0.382 e. The lowest BCUT2D eigenvalue weighted by Gasteiger charge is -2.19. The summed E-state index contributed by atoms with van der Waals surface area (Å²) in [7, 11) is 1.71. The summed E-state index contributed by atoms with van der Waals surface area (Å²) in [5, 5.41) is 0. The van der Waals surface area contributed by atoms with Gasteiger partial charge in [-0.05, 0) is 31.4 Å². The summed E-state index contributed by atoms with van der Waals surface area (Å²) in [4.78, 5) is 4.07. The van der Waals surface area contributed by atoms with Gasteiger partial charge in [0.2, 0.25) is 0 Å². The SMILES string of the molecule is COC(C)CC(Cc1cccnc1)NN. The third kappa shape index (κ3) is 4.38. The van der Waals surface area contributed by atoms with Crippen molar-refractivity contribution in [1.82, 2.24) is 10.4 Å². The van der Waals surface area contributed by atoms with E-state index in [1.54, 1.807) is 13.3 Å².